The third-order valence-corrected chi connectivity index (χ3v) is 4.32. The molecule has 0 saturated heterocycles. The minimum absolute atomic E-state index is 0.00351. The van der Waals surface area contributed by atoms with E-state index in [1.807, 2.05) is 0 Å². The van der Waals surface area contributed by atoms with Gasteiger partial charge in [0, 0.05) is 0 Å². The Labute approximate surface area is 152 Å². The smallest absolute Gasteiger partial charge is 0.340 e. The zero-order chi connectivity index (χ0) is 20.1. The lowest BCUT2D eigenvalue weighted by molar-refractivity contribution is -0.164. The van der Waals surface area contributed by atoms with Crippen molar-refractivity contribution in [1.29, 1.82) is 0 Å². The first-order valence-electron chi connectivity index (χ1n) is 8.51. The van der Waals surface area contributed by atoms with Crippen LogP contribution in [-0.4, -0.2) is 54.2 Å². The number of ether oxygens (including phenoxy) is 2. The van der Waals surface area contributed by atoms with E-state index in [2.05, 4.69) is 30.8 Å². The molecule has 9 heteroatoms. The second-order valence-electron chi connectivity index (χ2n) is 7.64. The van der Waals surface area contributed by atoms with Crippen molar-refractivity contribution in [3.8, 4) is 0 Å². The van der Waals surface area contributed by atoms with Crippen LogP contribution in [0.2, 0.25) is 0 Å². The number of hydrogen-bond acceptors (Lipinski definition) is 7. The topological polar surface area (TPSA) is 145 Å². The van der Waals surface area contributed by atoms with E-state index in [9.17, 15) is 19.2 Å². The molecule has 4 atom stereocenters. The molecule has 148 valence electrons. The van der Waals surface area contributed by atoms with Crippen LogP contribution in [0.3, 0.4) is 0 Å². The maximum absolute atomic E-state index is 12.4. The maximum Gasteiger partial charge on any atom is 0.340 e. The van der Waals surface area contributed by atoms with Crippen LogP contribution in [0.1, 0.15) is 46.5 Å². The fraction of sp³-hybridized carbons (Fsp3) is 0.765. The molecule has 1 fully saturated rings. The number of nitrogens with two attached hydrogens (primary N) is 1. The first-order valence-corrected chi connectivity index (χ1v) is 8.51. The number of esters is 2. The standard InChI is InChI=1S/C17H28N2O7/c1-9-5-10(8-17(2,3)7-9)26-16(24)13(15(23)25-4)19-14(22)11(18)6-12(20)21/h9-11,13H,5-8,18H2,1-4H3,(H,19,22)(H,20,21)/t9?,10?,11-,13?/m0/s1. The summed E-state index contributed by atoms with van der Waals surface area (Å²) in [5.74, 6) is -3.82. The van der Waals surface area contributed by atoms with Gasteiger partial charge in [-0.15, -0.1) is 0 Å². The second kappa shape index (κ2) is 8.98. The molecule has 26 heavy (non-hydrogen) atoms. The predicted molar refractivity (Wildman–Crippen MR) is 90.9 cm³/mol. The average Bonchev–Trinajstić information content (AvgIpc) is 2.48. The number of rotatable bonds is 7. The fourth-order valence-corrected chi connectivity index (χ4v) is 3.44. The Morgan fingerprint density at radius 2 is 1.85 bits per heavy atom. The molecule has 0 aromatic rings. The quantitative estimate of drug-likeness (QED) is 0.424. The Balaban J connectivity index is 2.79. The van der Waals surface area contributed by atoms with E-state index in [0.717, 1.165) is 13.5 Å². The van der Waals surface area contributed by atoms with E-state index in [-0.39, 0.29) is 11.5 Å². The van der Waals surface area contributed by atoms with E-state index in [0.29, 0.717) is 18.8 Å². The van der Waals surface area contributed by atoms with Crippen LogP contribution in [0.25, 0.3) is 0 Å². The molecular weight excluding hydrogens is 344 g/mol. The summed E-state index contributed by atoms with van der Waals surface area (Å²) in [7, 11) is 1.07. The number of aliphatic carboxylic acids is 1. The highest BCUT2D eigenvalue weighted by Gasteiger charge is 2.38. The molecule has 0 aromatic heterocycles. The van der Waals surface area contributed by atoms with Gasteiger partial charge >= 0.3 is 17.9 Å². The summed E-state index contributed by atoms with van der Waals surface area (Å²) in [6, 6.07) is -3.09. The first kappa shape index (κ1) is 21.9. The highest BCUT2D eigenvalue weighted by Crippen LogP contribution is 2.39. The van der Waals surface area contributed by atoms with Crippen molar-refractivity contribution < 1.29 is 33.8 Å². The molecule has 1 aliphatic carbocycles. The Morgan fingerprint density at radius 1 is 1.23 bits per heavy atom. The third-order valence-electron chi connectivity index (χ3n) is 4.32. The van der Waals surface area contributed by atoms with E-state index >= 15 is 0 Å². The van der Waals surface area contributed by atoms with E-state index in [1.54, 1.807) is 0 Å². The monoisotopic (exact) mass is 372 g/mol. The summed E-state index contributed by atoms with van der Waals surface area (Å²) in [5.41, 5.74) is 5.45. The van der Waals surface area contributed by atoms with Gasteiger partial charge in [-0.2, -0.15) is 0 Å². The minimum Gasteiger partial charge on any atom is -0.481 e. The summed E-state index contributed by atoms with van der Waals surface area (Å²) >= 11 is 0. The summed E-state index contributed by atoms with van der Waals surface area (Å²) in [6.07, 6.45) is 1.29. The number of carboxylic acid groups (broad SMARTS) is 1. The summed E-state index contributed by atoms with van der Waals surface area (Å²) < 4.78 is 9.97. The van der Waals surface area contributed by atoms with Crippen LogP contribution >= 0.6 is 0 Å². The molecule has 9 nitrogen and oxygen atoms in total. The van der Waals surface area contributed by atoms with Crippen molar-refractivity contribution in [3.05, 3.63) is 0 Å². The van der Waals surface area contributed by atoms with Crippen molar-refractivity contribution in [3.63, 3.8) is 0 Å². The lowest BCUT2D eigenvalue weighted by Crippen LogP contribution is -2.54. The largest absolute Gasteiger partial charge is 0.481 e. The molecule has 1 aliphatic rings. The van der Waals surface area contributed by atoms with Crippen molar-refractivity contribution in [2.24, 2.45) is 17.1 Å². The Morgan fingerprint density at radius 3 is 2.35 bits per heavy atom. The van der Waals surface area contributed by atoms with Crippen LogP contribution < -0.4 is 11.1 Å². The number of carbonyl (C=O) groups excluding carboxylic acids is 3. The molecule has 3 unspecified atom stereocenters. The maximum atomic E-state index is 12.4. The molecule has 1 rings (SSSR count). The van der Waals surface area contributed by atoms with Crippen molar-refractivity contribution >= 4 is 23.8 Å². The van der Waals surface area contributed by atoms with Crippen molar-refractivity contribution in [2.75, 3.05) is 7.11 Å². The Bertz CT molecular complexity index is 561. The molecular formula is C17H28N2O7. The minimum atomic E-state index is -1.69. The highest BCUT2D eigenvalue weighted by molar-refractivity contribution is 6.03. The van der Waals surface area contributed by atoms with Gasteiger partial charge in [0.15, 0.2) is 0 Å². The van der Waals surface area contributed by atoms with Crippen LogP contribution in [0, 0.1) is 11.3 Å². The molecule has 0 heterocycles. The zero-order valence-electron chi connectivity index (χ0n) is 15.6. The zero-order valence-corrected chi connectivity index (χ0v) is 15.6. The van der Waals surface area contributed by atoms with Crippen LogP contribution in [-0.2, 0) is 28.7 Å². The summed E-state index contributed by atoms with van der Waals surface area (Å²) in [4.78, 5) is 46.9. The SMILES string of the molecule is COC(=O)C(NC(=O)[C@@H](N)CC(=O)O)C(=O)OC1CC(C)CC(C)(C)C1. The van der Waals surface area contributed by atoms with E-state index in [1.165, 1.54) is 0 Å². The molecule has 0 aliphatic heterocycles. The highest BCUT2D eigenvalue weighted by atomic mass is 16.6. The van der Waals surface area contributed by atoms with Gasteiger partial charge in [0.1, 0.15) is 6.10 Å². The molecule has 0 aromatic carbocycles. The average molecular weight is 372 g/mol. The normalized spacial score (nSPS) is 24.0. The number of methoxy groups -OCH3 is 1. The van der Waals surface area contributed by atoms with E-state index in [4.69, 9.17) is 15.6 Å². The number of amides is 1. The molecule has 0 bridgehead atoms. The number of carbonyl (C=O) groups is 4. The van der Waals surface area contributed by atoms with Gasteiger partial charge in [0.2, 0.25) is 11.9 Å². The molecule has 0 spiro atoms. The van der Waals surface area contributed by atoms with Crippen LogP contribution in [0.4, 0.5) is 0 Å². The van der Waals surface area contributed by atoms with Gasteiger partial charge < -0.3 is 25.6 Å². The first-order chi connectivity index (χ1) is 11.9. The summed E-state index contributed by atoms with van der Waals surface area (Å²) in [6.45, 7) is 6.22. The number of carboxylic acids is 1. The van der Waals surface area contributed by atoms with Crippen molar-refractivity contribution in [1.82, 2.24) is 5.32 Å². The van der Waals surface area contributed by atoms with Gasteiger partial charge in [0.25, 0.3) is 0 Å². The lowest BCUT2D eigenvalue weighted by atomic mass is 9.71. The predicted octanol–water partition coefficient (Wildman–Crippen LogP) is 0.204. The fourth-order valence-electron chi connectivity index (χ4n) is 3.44. The molecule has 4 N–H and O–H groups in total. The Kier molecular flexibility index (Phi) is 7.55. The van der Waals surface area contributed by atoms with E-state index < -0.39 is 42.3 Å². The van der Waals surface area contributed by atoms with Crippen molar-refractivity contribution in [2.45, 2.75) is 64.6 Å². The summed E-state index contributed by atoms with van der Waals surface area (Å²) in [5, 5.41) is 10.8. The van der Waals surface area contributed by atoms with Gasteiger partial charge in [0.05, 0.1) is 19.6 Å². The number of hydrogen-bond donors (Lipinski definition) is 3. The third kappa shape index (κ3) is 6.62. The molecule has 0 radical (unpaired) electrons. The molecule has 1 saturated carbocycles. The second-order valence-corrected chi connectivity index (χ2v) is 7.64. The number of nitrogens with one attached hydrogen (secondary N) is 1. The van der Waals surface area contributed by atoms with Gasteiger partial charge in [-0.3, -0.25) is 9.59 Å². The van der Waals surface area contributed by atoms with Gasteiger partial charge in [-0.25, -0.2) is 9.59 Å². The Hall–Kier alpha value is -2.16. The van der Waals surface area contributed by atoms with Gasteiger partial charge in [-0.05, 0) is 30.6 Å². The van der Waals surface area contributed by atoms with Gasteiger partial charge in [-0.1, -0.05) is 20.8 Å². The lowest BCUT2D eigenvalue weighted by Gasteiger charge is -2.38. The van der Waals surface area contributed by atoms with Crippen LogP contribution in [0.5, 0.6) is 0 Å². The van der Waals surface area contributed by atoms with Crippen LogP contribution in [0.15, 0.2) is 0 Å². The molecule has 1 amide bonds.